The molecule has 0 heterocycles. The Labute approximate surface area is 89.5 Å². The number of nitrogens with one attached hydrogen (secondary N) is 1. The minimum atomic E-state index is -0.425. The summed E-state index contributed by atoms with van der Waals surface area (Å²) in [5, 5.41) is 2.69. The Bertz CT molecular complexity index is 349. The van der Waals surface area contributed by atoms with Gasteiger partial charge in [-0.2, -0.15) is 0 Å². The van der Waals surface area contributed by atoms with Crippen molar-refractivity contribution >= 4 is 5.91 Å². The predicted octanol–water partition coefficient (Wildman–Crippen LogP) is 2.66. The van der Waals surface area contributed by atoms with Crippen LogP contribution in [0.1, 0.15) is 35.7 Å². The molecule has 0 bridgehead atoms. The number of rotatable bonds is 4. The van der Waals surface area contributed by atoms with Gasteiger partial charge in [-0.3, -0.25) is 4.79 Å². The maximum absolute atomic E-state index is 13.5. The van der Waals surface area contributed by atoms with Crippen molar-refractivity contribution in [3.63, 3.8) is 0 Å². The summed E-state index contributed by atoms with van der Waals surface area (Å²) in [6.45, 7) is 4.29. The summed E-state index contributed by atoms with van der Waals surface area (Å²) in [6, 6.07) is 4.84. The first-order chi connectivity index (χ1) is 7.16. The molecule has 2 nitrogen and oxygen atoms in total. The Kier molecular flexibility index (Phi) is 4.28. The number of hydrogen-bond acceptors (Lipinski definition) is 1. The Morgan fingerprint density at radius 1 is 1.47 bits per heavy atom. The van der Waals surface area contributed by atoms with Gasteiger partial charge in [-0.25, -0.2) is 4.39 Å². The summed E-state index contributed by atoms with van der Waals surface area (Å²) in [5.41, 5.74) is 0.629. The zero-order valence-corrected chi connectivity index (χ0v) is 9.14. The molecule has 0 radical (unpaired) electrons. The van der Waals surface area contributed by atoms with Crippen molar-refractivity contribution in [3.05, 3.63) is 35.1 Å². The van der Waals surface area contributed by atoms with E-state index >= 15 is 0 Å². The third-order valence-corrected chi connectivity index (χ3v) is 2.25. The molecule has 0 saturated carbocycles. The van der Waals surface area contributed by atoms with E-state index in [1.807, 2.05) is 6.92 Å². The highest BCUT2D eigenvalue weighted by Crippen LogP contribution is 2.11. The van der Waals surface area contributed by atoms with Crippen molar-refractivity contribution in [2.75, 3.05) is 6.54 Å². The molecule has 1 rings (SSSR count). The van der Waals surface area contributed by atoms with Gasteiger partial charge in [-0.05, 0) is 25.0 Å². The maximum Gasteiger partial charge on any atom is 0.254 e. The summed E-state index contributed by atoms with van der Waals surface area (Å²) >= 11 is 0. The molecule has 0 aliphatic carbocycles. The summed E-state index contributed by atoms with van der Waals surface area (Å²) in [7, 11) is 0. The second-order valence-electron chi connectivity index (χ2n) is 3.55. The van der Waals surface area contributed by atoms with E-state index in [1.165, 1.54) is 6.07 Å². The van der Waals surface area contributed by atoms with Gasteiger partial charge in [0.05, 0.1) is 5.56 Å². The van der Waals surface area contributed by atoms with Crippen LogP contribution in [0.3, 0.4) is 0 Å². The molecule has 3 heteroatoms. The van der Waals surface area contributed by atoms with Crippen LogP contribution >= 0.6 is 0 Å². The van der Waals surface area contributed by atoms with Crippen LogP contribution in [0.25, 0.3) is 0 Å². The first-order valence-corrected chi connectivity index (χ1v) is 5.20. The first-order valence-electron chi connectivity index (χ1n) is 5.20. The SMILES string of the molecule is CCCCNC(=O)c1cccc(C)c1F. The number of benzene rings is 1. The minimum Gasteiger partial charge on any atom is -0.352 e. The van der Waals surface area contributed by atoms with E-state index < -0.39 is 5.82 Å². The van der Waals surface area contributed by atoms with Gasteiger partial charge in [0.1, 0.15) is 5.82 Å². The fraction of sp³-hybridized carbons (Fsp3) is 0.417. The van der Waals surface area contributed by atoms with Gasteiger partial charge >= 0.3 is 0 Å². The van der Waals surface area contributed by atoms with Gasteiger partial charge in [0.15, 0.2) is 0 Å². The van der Waals surface area contributed by atoms with Crippen LogP contribution < -0.4 is 5.32 Å². The van der Waals surface area contributed by atoms with Crippen molar-refractivity contribution < 1.29 is 9.18 Å². The quantitative estimate of drug-likeness (QED) is 0.759. The highest BCUT2D eigenvalue weighted by Gasteiger charge is 2.11. The average molecular weight is 209 g/mol. The van der Waals surface area contributed by atoms with Gasteiger partial charge in [0.25, 0.3) is 5.91 Å². The number of hydrogen-bond donors (Lipinski definition) is 1. The molecule has 1 N–H and O–H groups in total. The van der Waals surface area contributed by atoms with Gasteiger partial charge in [-0.15, -0.1) is 0 Å². The van der Waals surface area contributed by atoms with Gasteiger partial charge < -0.3 is 5.32 Å². The highest BCUT2D eigenvalue weighted by molar-refractivity contribution is 5.94. The molecule has 0 spiro atoms. The second-order valence-corrected chi connectivity index (χ2v) is 3.55. The van der Waals surface area contributed by atoms with Crippen LogP contribution in [-0.2, 0) is 0 Å². The zero-order chi connectivity index (χ0) is 11.3. The van der Waals surface area contributed by atoms with Gasteiger partial charge in [0.2, 0.25) is 0 Å². The Hall–Kier alpha value is -1.38. The number of unbranched alkanes of at least 4 members (excludes halogenated alkanes) is 1. The molecule has 1 amide bonds. The van der Waals surface area contributed by atoms with Crippen molar-refractivity contribution in [3.8, 4) is 0 Å². The standard InChI is InChI=1S/C12H16FNO/c1-3-4-8-14-12(15)10-7-5-6-9(2)11(10)13/h5-7H,3-4,8H2,1-2H3,(H,14,15). The van der Waals surface area contributed by atoms with Crippen LogP contribution in [0.4, 0.5) is 4.39 Å². The Morgan fingerprint density at radius 3 is 2.87 bits per heavy atom. The fourth-order valence-corrected chi connectivity index (χ4v) is 1.30. The number of amides is 1. The summed E-state index contributed by atoms with van der Waals surface area (Å²) in [4.78, 5) is 11.5. The molecular formula is C12H16FNO. The van der Waals surface area contributed by atoms with E-state index in [0.29, 0.717) is 12.1 Å². The lowest BCUT2D eigenvalue weighted by molar-refractivity contribution is 0.0949. The fourth-order valence-electron chi connectivity index (χ4n) is 1.30. The zero-order valence-electron chi connectivity index (χ0n) is 9.14. The number of carbonyl (C=O) groups excluding carboxylic acids is 1. The average Bonchev–Trinajstić information content (AvgIpc) is 2.22. The predicted molar refractivity (Wildman–Crippen MR) is 58.4 cm³/mol. The number of carbonyl (C=O) groups is 1. The Balaban J connectivity index is 2.69. The number of halogens is 1. The maximum atomic E-state index is 13.5. The van der Waals surface area contributed by atoms with Crippen LogP contribution in [0.15, 0.2) is 18.2 Å². The molecule has 0 fully saturated rings. The molecule has 0 unspecified atom stereocenters. The van der Waals surface area contributed by atoms with E-state index in [0.717, 1.165) is 12.8 Å². The molecule has 0 saturated heterocycles. The van der Waals surface area contributed by atoms with Crippen molar-refractivity contribution in [2.24, 2.45) is 0 Å². The highest BCUT2D eigenvalue weighted by atomic mass is 19.1. The van der Waals surface area contributed by atoms with Crippen LogP contribution in [0.2, 0.25) is 0 Å². The van der Waals surface area contributed by atoms with E-state index in [9.17, 15) is 9.18 Å². The van der Waals surface area contributed by atoms with E-state index in [1.54, 1.807) is 19.1 Å². The minimum absolute atomic E-state index is 0.131. The molecule has 1 aromatic rings. The lowest BCUT2D eigenvalue weighted by Gasteiger charge is -2.06. The van der Waals surface area contributed by atoms with Crippen molar-refractivity contribution in [1.29, 1.82) is 0 Å². The summed E-state index contributed by atoms with van der Waals surface area (Å²) in [5.74, 6) is -0.754. The molecule has 0 aromatic heterocycles. The normalized spacial score (nSPS) is 10.1. The topological polar surface area (TPSA) is 29.1 Å². The summed E-state index contributed by atoms with van der Waals surface area (Å²) in [6.07, 6.45) is 1.93. The molecule has 1 aromatic carbocycles. The third-order valence-electron chi connectivity index (χ3n) is 2.25. The summed E-state index contributed by atoms with van der Waals surface area (Å²) < 4.78 is 13.5. The van der Waals surface area contributed by atoms with Crippen LogP contribution in [0.5, 0.6) is 0 Å². The lowest BCUT2D eigenvalue weighted by Crippen LogP contribution is -2.25. The second kappa shape index (κ2) is 5.49. The molecule has 0 aliphatic heterocycles. The first kappa shape index (κ1) is 11.7. The van der Waals surface area contributed by atoms with Crippen molar-refractivity contribution in [2.45, 2.75) is 26.7 Å². The van der Waals surface area contributed by atoms with Crippen LogP contribution in [0, 0.1) is 12.7 Å². The third kappa shape index (κ3) is 3.05. The number of aryl methyl sites for hydroxylation is 1. The molecule has 15 heavy (non-hydrogen) atoms. The molecular weight excluding hydrogens is 193 g/mol. The molecule has 0 atom stereocenters. The van der Waals surface area contributed by atoms with Crippen LogP contribution in [-0.4, -0.2) is 12.5 Å². The monoisotopic (exact) mass is 209 g/mol. The van der Waals surface area contributed by atoms with Gasteiger partial charge in [0, 0.05) is 6.54 Å². The smallest absolute Gasteiger partial charge is 0.254 e. The molecule has 82 valence electrons. The lowest BCUT2D eigenvalue weighted by atomic mass is 10.1. The largest absolute Gasteiger partial charge is 0.352 e. The van der Waals surface area contributed by atoms with Crippen molar-refractivity contribution in [1.82, 2.24) is 5.32 Å². The Morgan fingerprint density at radius 2 is 2.20 bits per heavy atom. The molecule has 0 aliphatic rings. The van der Waals surface area contributed by atoms with Gasteiger partial charge in [-0.1, -0.05) is 25.5 Å². The van der Waals surface area contributed by atoms with E-state index in [-0.39, 0.29) is 11.5 Å². The van der Waals surface area contributed by atoms with E-state index in [2.05, 4.69) is 5.32 Å². The van der Waals surface area contributed by atoms with E-state index in [4.69, 9.17) is 0 Å².